The van der Waals surface area contributed by atoms with Crippen molar-refractivity contribution in [1.29, 1.82) is 0 Å². The highest BCUT2D eigenvalue weighted by Gasteiger charge is 2.13. The van der Waals surface area contributed by atoms with Crippen LogP contribution in [0.3, 0.4) is 0 Å². The summed E-state index contributed by atoms with van der Waals surface area (Å²) >= 11 is 5.74. The first-order valence-corrected chi connectivity index (χ1v) is 6.47. The molecule has 0 aliphatic carbocycles. The molecule has 2 aromatic carbocycles. The fourth-order valence-electron chi connectivity index (χ4n) is 1.73. The Kier molecular flexibility index (Phi) is 4.53. The van der Waals surface area contributed by atoms with Crippen LogP contribution in [-0.4, -0.2) is 18.4 Å². The van der Waals surface area contributed by atoms with E-state index < -0.39 is 5.97 Å². The lowest BCUT2D eigenvalue weighted by molar-refractivity contribution is 0.0474. The molecule has 0 bridgehead atoms. The summed E-state index contributed by atoms with van der Waals surface area (Å²) in [6, 6.07) is 13.5. The number of ether oxygens (including phenoxy) is 1. The molecule has 2 aromatic rings. The number of hydrogen-bond acceptors (Lipinski definition) is 3. The molecule has 0 radical (unpaired) electrons. The normalized spacial score (nSPS) is 10.1. The van der Waals surface area contributed by atoms with Gasteiger partial charge in [-0.05, 0) is 42.8 Å². The molecule has 4 heteroatoms. The minimum atomic E-state index is -0.495. The summed E-state index contributed by atoms with van der Waals surface area (Å²) in [5.74, 6) is -0.756. The monoisotopic (exact) mass is 288 g/mol. The Morgan fingerprint density at radius 3 is 2.35 bits per heavy atom. The van der Waals surface area contributed by atoms with Crippen LogP contribution in [0.1, 0.15) is 26.3 Å². The Balaban J connectivity index is 1.99. The molecular weight excluding hydrogens is 276 g/mol. The lowest BCUT2D eigenvalue weighted by Gasteiger charge is -2.06. The van der Waals surface area contributed by atoms with Crippen molar-refractivity contribution in [2.45, 2.75) is 6.92 Å². The van der Waals surface area contributed by atoms with Gasteiger partial charge in [0.05, 0.1) is 5.56 Å². The summed E-state index contributed by atoms with van der Waals surface area (Å²) in [6.07, 6.45) is 0. The van der Waals surface area contributed by atoms with Crippen molar-refractivity contribution in [3.8, 4) is 0 Å². The van der Waals surface area contributed by atoms with Gasteiger partial charge in [0.15, 0.2) is 12.4 Å². The van der Waals surface area contributed by atoms with E-state index in [1.807, 2.05) is 19.1 Å². The number of ketones is 1. The van der Waals surface area contributed by atoms with Crippen LogP contribution >= 0.6 is 11.6 Å². The Hall–Kier alpha value is -2.13. The molecule has 0 saturated carbocycles. The molecule has 102 valence electrons. The number of aryl methyl sites for hydroxylation is 1. The summed E-state index contributed by atoms with van der Waals surface area (Å²) in [4.78, 5) is 23.7. The van der Waals surface area contributed by atoms with E-state index in [0.29, 0.717) is 16.1 Å². The average molecular weight is 289 g/mol. The van der Waals surface area contributed by atoms with E-state index in [2.05, 4.69) is 0 Å². The van der Waals surface area contributed by atoms with Crippen molar-refractivity contribution >= 4 is 23.4 Å². The highest BCUT2D eigenvalue weighted by Crippen LogP contribution is 2.11. The van der Waals surface area contributed by atoms with Gasteiger partial charge in [0.25, 0.3) is 0 Å². The third kappa shape index (κ3) is 3.45. The molecule has 0 spiro atoms. The molecule has 2 rings (SSSR count). The fraction of sp³-hybridized carbons (Fsp3) is 0.125. The Morgan fingerprint density at radius 2 is 1.70 bits per heavy atom. The van der Waals surface area contributed by atoms with E-state index in [4.69, 9.17) is 16.3 Å². The SMILES string of the molecule is Cc1ccccc1C(=O)OCC(=O)c1ccc(Cl)cc1. The van der Waals surface area contributed by atoms with Gasteiger partial charge in [-0.25, -0.2) is 4.79 Å². The first-order chi connectivity index (χ1) is 9.58. The molecule has 0 atom stereocenters. The van der Waals surface area contributed by atoms with E-state index in [-0.39, 0.29) is 12.4 Å². The van der Waals surface area contributed by atoms with Gasteiger partial charge in [0.2, 0.25) is 0 Å². The van der Waals surface area contributed by atoms with Crippen molar-refractivity contribution in [3.63, 3.8) is 0 Å². The van der Waals surface area contributed by atoms with Crippen LogP contribution in [0.25, 0.3) is 0 Å². The fourth-order valence-corrected chi connectivity index (χ4v) is 1.86. The molecule has 0 fully saturated rings. The van der Waals surface area contributed by atoms with E-state index >= 15 is 0 Å². The number of carbonyl (C=O) groups excluding carboxylic acids is 2. The van der Waals surface area contributed by atoms with Crippen LogP contribution in [0.4, 0.5) is 0 Å². The smallest absolute Gasteiger partial charge is 0.338 e. The minimum Gasteiger partial charge on any atom is -0.454 e. The topological polar surface area (TPSA) is 43.4 Å². The Morgan fingerprint density at radius 1 is 1.05 bits per heavy atom. The molecule has 0 unspecified atom stereocenters. The molecule has 20 heavy (non-hydrogen) atoms. The van der Waals surface area contributed by atoms with Gasteiger partial charge in [-0.3, -0.25) is 4.79 Å². The number of esters is 1. The molecule has 3 nitrogen and oxygen atoms in total. The van der Waals surface area contributed by atoms with E-state index in [1.54, 1.807) is 36.4 Å². The molecule has 0 heterocycles. The number of hydrogen-bond donors (Lipinski definition) is 0. The lowest BCUT2D eigenvalue weighted by atomic mass is 10.1. The average Bonchev–Trinajstić information content (AvgIpc) is 2.45. The second-order valence-electron chi connectivity index (χ2n) is 4.32. The summed E-state index contributed by atoms with van der Waals surface area (Å²) < 4.78 is 5.03. The van der Waals surface area contributed by atoms with E-state index in [9.17, 15) is 9.59 Å². The molecule has 0 saturated heterocycles. The quantitative estimate of drug-likeness (QED) is 0.636. The van der Waals surface area contributed by atoms with Gasteiger partial charge in [-0.1, -0.05) is 29.8 Å². The second-order valence-corrected chi connectivity index (χ2v) is 4.76. The Bertz CT molecular complexity index is 632. The molecule has 0 aromatic heterocycles. The largest absolute Gasteiger partial charge is 0.454 e. The van der Waals surface area contributed by atoms with E-state index in [0.717, 1.165) is 5.56 Å². The predicted octanol–water partition coefficient (Wildman–Crippen LogP) is 3.69. The van der Waals surface area contributed by atoms with Crippen LogP contribution in [0.15, 0.2) is 48.5 Å². The number of halogens is 1. The van der Waals surface area contributed by atoms with Gasteiger partial charge >= 0.3 is 5.97 Å². The zero-order valence-electron chi connectivity index (χ0n) is 10.9. The number of carbonyl (C=O) groups is 2. The first kappa shape index (κ1) is 14.3. The Labute approximate surface area is 122 Å². The molecule has 0 amide bonds. The van der Waals surface area contributed by atoms with Gasteiger partial charge < -0.3 is 4.74 Å². The highest BCUT2D eigenvalue weighted by atomic mass is 35.5. The van der Waals surface area contributed by atoms with Gasteiger partial charge in [0, 0.05) is 10.6 Å². The van der Waals surface area contributed by atoms with Crippen molar-refractivity contribution in [2.24, 2.45) is 0 Å². The molecule has 0 N–H and O–H groups in total. The zero-order chi connectivity index (χ0) is 14.5. The number of Topliss-reactive ketones (excluding diaryl/α,β-unsaturated/α-hetero) is 1. The van der Waals surface area contributed by atoms with Crippen molar-refractivity contribution in [3.05, 3.63) is 70.2 Å². The van der Waals surface area contributed by atoms with Crippen LogP contribution < -0.4 is 0 Å². The molecule has 0 aliphatic rings. The standard InChI is InChI=1S/C16H13ClO3/c1-11-4-2-3-5-14(11)16(19)20-10-15(18)12-6-8-13(17)9-7-12/h2-9H,10H2,1H3. The van der Waals surface area contributed by atoms with Crippen molar-refractivity contribution < 1.29 is 14.3 Å². The van der Waals surface area contributed by atoms with Crippen LogP contribution in [0.2, 0.25) is 5.02 Å². The van der Waals surface area contributed by atoms with Crippen molar-refractivity contribution in [2.75, 3.05) is 6.61 Å². The van der Waals surface area contributed by atoms with Gasteiger partial charge in [-0.2, -0.15) is 0 Å². The first-order valence-electron chi connectivity index (χ1n) is 6.09. The maximum absolute atomic E-state index is 11.9. The maximum atomic E-state index is 11.9. The number of benzene rings is 2. The summed E-state index contributed by atoms with van der Waals surface area (Å²) in [6.45, 7) is 1.53. The number of rotatable bonds is 4. The third-order valence-corrected chi connectivity index (χ3v) is 3.12. The summed E-state index contributed by atoms with van der Waals surface area (Å²) in [5, 5.41) is 0.554. The molecular formula is C16H13ClO3. The predicted molar refractivity (Wildman–Crippen MR) is 77.2 cm³/mol. The lowest BCUT2D eigenvalue weighted by Crippen LogP contribution is -2.15. The van der Waals surface area contributed by atoms with Gasteiger partial charge in [0.1, 0.15) is 0 Å². The van der Waals surface area contributed by atoms with Gasteiger partial charge in [-0.15, -0.1) is 0 Å². The van der Waals surface area contributed by atoms with Crippen LogP contribution in [0.5, 0.6) is 0 Å². The second kappa shape index (κ2) is 6.35. The van der Waals surface area contributed by atoms with Crippen molar-refractivity contribution in [1.82, 2.24) is 0 Å². The summed E-state index contributed by atoms with van der Waals surface area (Å²) in [7, 11) is 0. The minimum absolute atomic E-state index is 0.261. The summed E-state index contributed by atoms with van der Waals surface area (Å²) in [5.41, 5.74) is 1.75. The zero-order valence-corrected chi connectivity index (χ0v) is 11.7. The molecule has 0 aliphatic heterocycles. The third-order valence-electron chi connectivity index (χ3n) is 2.87. The van der Waals surface area contributed by atoms with Crippen LogP contribution in [-0.2, 0) is 4.74 Å². The van der Waals surface area contributed by atoms with Crippen LogP contribution in [0, 0.1) is 6.92 Å². The van der Waals surface area contributed by atoms with E-state index in [1.165, 1.54) is 0 Å². The highest BCUT2D eigenvalue weighted by molar-refractivity contribution is 6.30. The maximum Gasteiger partial charge on any atom is 0.338 e.